The number of carbonyl (C=O) groups is 3. The summed E-state index contributed by atoms with van der Waals surface area (Å²) in [4.78, 5) is 37.4. The molecule has 0 radical (unpaired) electrons. The molecule has 1 aliphatic heterocycles. The highest BCUT2D eigenvalue weighted by molar-refractivity contribution is 6.09. The highest BCUT2D eigenvalue weighted by atomic mass is 19.1. The average molecular weight is 384 g/mol. The number of anilines is 2. The lowest BCUT2D eigenvalue weighted by molar-refractivity contribution is -0.121. The fourth-order valence-electron chi connectivity index (χ4n) is 2.92. The number of benzene rings is 2. The molecule has 0 aliphatic carbocycles. The Morgan fingerprint density at radius 2 is 1.89 bits per heavy atom. The Labute approximate surface area is 161 Å². The molecule has 8 heteroatoms. The van der Waals surface area contributed by atoms with Gasteiger partial charge in [0.15, 0.2) is 0 Å². The third-order valence-corrected chi connectivity index (χ3v) is 4.27. The number of hydrogen-bond acceptors (Lipinski definition) is 3. The van der Waals surface area contributed by atoms with Gasteiger partial charge in [-0.15, -0.1) is 0 Å². The molecule has 4 amide bonds. The lowest BCUT2D eigenvalue weighted by Crippen LogP contribution is -2.47. The number of rotatable bonds is 6. The summed E-state index contributed by atoms with van der Waals surface area (Å²) >= 11 is 0. The number of amides is 4. The van der Waals surface area contributed by atoms with Crippen molar-refractivity contribution in [2.24, 2.45) is 0 Å². The quantitative estimate of drug-likeness (QED) is 0.712. The van der Waals surface area contributed by atoms with Crippen molar-refractivity contribution in [1.82, 2.24) is 10.6 Å². The summed E-state index contributed by atoms with van der Waals surface area (Å²) in [6.07, 6.45) is 0.631. The van der Waals surface area contributed by atoms with Crippen molar-refractivity contribution < 1.29 is 18.8 Å². The van der Waals surface area contributed by atoms with Gasteiger partial charge in [0.05, 0.1) is 11.4 Å². The molecule has 0 fully saturated rings. The molecule has 7 nitrogen and oxygen atoms in total. The number of fused-ring (bicyclic) bond motifs is 1. The smallest absolute Gasteiger partial charge is 0.322 e. The standard InChI is InChI=1S/C20H21FN4O3/c21-15-5-3-4-14(12-15)8-10-22-18(26)9-11-23-20(28)25-13-19(27)24-16-6-1-2-7-17(16)25/h1-7,12H,8-11,13H2,(H,22,26)(H,23,28)(H,24,27). The fraction of sp³-hybridized carbons (Fsp3) is 0.250. The van der Waals surface area contributed by atoms with E-state index in [-0.39, 0.29) is 37.1 Å². The van der Waals surface area contributed by atoms with Gasteiger partial charge in [0.2, 0.25) is 11.8 Å². The van der Waals surface area contributed by atoms with Crippen LogP contribution in [-0.2, 0) is 16.0 Å². The summed E-state index contributed by atoms with van der Waals surface area (Å²) in [6, 6.07) is 12.8. The Hall–Kier alpha value is -3.42. The molecule has 3 rings (SSSR count). The van der Waals surface area contributed by atoms with Gasteiger partial charge >= 0.3 is 6.03 Å². The maximum atomic E-state index is 13.1. The molecule has 3 N–H and O–H groups in total. The first kappa shape index (κ1) is 19.3. The number of nitrogens with one attached hydrogen (secondary N) is 3. The molecule has 0 unspecified atom stereocenters. The second-order valence-corrected chi connectivity index (χ2v) is 6.36. The zero-order valence-electron chi connectivity index (χ0n) is 15.2. The molecule has 0 spiro atoms. The maximum absolute atomic E-state index is 13.1. The predicted octanol–water partition coefficient (Wildman–Crippen LogP) is 2.04. The number of urea groups is 1. The summed E-state index contributed by atoms with van der Waals surface area (Å²) in [5, 5.41) is 8.10. The Bertz CT molecular complexity index is 887. The van der Waals surface area contributed by atoms with Gasteiger partial charge in [-0.05, 0) is 36.2 Å². The molecule has 2 aromatic rings. The summed E-state index contributed by atoms with van der Waals surface area (Å²) in [5.41, 5.74) is 1.98. The van der Waals surface area contributed by atoms with E-state index in [1.54, 1.807) is 36.4 Å². The lowest BCUT2D eigenvalue weighted by atomic mass is 10.1. The molecule has 2 aromatic carbocycles. The van der Waals surface area contributed by atoms with E-state index in [0.29, 0.717) is 24.3 Å². The topological polar surface area (TPSA) is 90.5 Å². The third-order valence-electron chi connectivity index (χ3n) is 4.27. The van der Waals surface area contributed by atoms with E-state index in [0.717, 1.165) is 5.56 Å². The molecule has 0 saturated carbocycles. The first-order valence-electron chi connectivity index (χ1n) is 8.98. The second-order valence-electron chi connectivity index (χ2n) is 6.36. The van der Waals surface area contributed by atoms with Crippen LogP contribution < -0.4 is 20.9 Å². The zero-order valence-corrected chi connectivity index (χ0v) is 15.2. The van der Waals surface area contributed by atoms with Crippen LogP contribution in [0.1, 0.15) is 12.0 Å². The molecule has 0 saturated heterocycles. The molecular formula is C20H21FN4O3. The molecule has 1 heterocycles. The van der Waals surface area contributed by atoms with Gasteiger partial charge in [0, 0.05) is 19.5 Å². The summed E-state index contributed by atoms with van der Waals surface area (Å²) in [7, 11) is 0. The van der Waals surface area contributed by atoms with Crippen LogP contribution in [0.15, 0.2) is 48.5 Å². The van der Waals surface area contributed by atoms with Crippen LogP contribution >= 0.6 is 0 Å². The van der Waals surface area contributed by atoms with Crippen molar-refractivity contribution in [2.45, 2.75) is 12.8 Å². The van der Waals surface area contributed by atoms with Crippen LogP contribution in [0.2, 0.25) is 0 Å². The van der Waals surface area contributed by atoms with Crippen molar-refractivity contribution in [2.75, 3.05) is 29.9 Å². The highest BCUT2D eigenvalue weighted by Gasteiger charge is 2.26. The van der Waals surface area contributed by atoms with Crippen molar-refractivity contribution in [3.8, 4) is 0 Å². The molecule has 0 bridgehead atoms. The maximum Gasteiger partial charge on any atom is 0.322 e. The molecule has 0 aromatic heterocycles. The molecular weight excluding hydrogens is 363 g/mol. The van der Waals surface area contributed by atoms with Crippen molar-refractivity contribution in [3.05, 3.63) is 59.9 Å². The fourth-order valence-corrected chi connectivity index (χ4v) is 2.92. The van der Waals surface area contributed by atoms with E-state index in [4.69, 9.17) is 0 Å². The Morgan fingerprint density at radius 1 is 1.07 bits per heavy atom. The van der Waals surface area contributed by atoms with E-state index in [9.17, 15) is 18.8 Å². The normalized spacial score (nSPS) is 12.8. The van der Waals surface area contributed by atoms with Crippen LogP contribution in [0.25, 0.3) is 0 Å². The molecule has 1 aliphatic rings. The largest absolute Gasteiger partial charge is 0.356 e. The SMILES string of the molecule is O=C(CCNC(=O)N1CC(=O)Nc2ccccc21)NCCc1cccc(F)c1. The van der Waals surface area contributed by atoms with Crippen LogP contribution in [0.3, 0.4) is 0 Å². The van der Waals surface area contributed by atoms with Crippen molar-refractivity contribution in [3.63, 3.8) is 0 Å². The Kier molecular flexibility index (Phi) is 6.21. The van der Waals surface area contributed by atoms with Crippen LogP contribution in [0.5, 0.6) is 0 Å². The van der Waals surface area contributed by atoms with Gasteiger partial charge in [-0.3, -0.25) is 14.5 Å². The van der Waals surface area contributed by atoms with E-state index < -0.39 is 6.03 Å². The van der Waals surface area contributed by atoms with E-state index in [1.165, 1.54) is 17.0 Å². The summed E-state index contributed by atoms with van der Waals surface area (Å²) in [6.45, 7) is 0.448. The van der Waals surface area contributed by atoms with Gasteiger partial charge in [-0.1, -0.05) is 24.3 Å². The minimum absolute atomic E-state index is 0.0807. The van der Waals surface area contributed by atoms with E-state index in [1.807, 2.05) is 0 Å². The minimum Gasteiger partial charge on any atom is -0.356 e. The Balaban J connectivity index is 1.41. The summed E-state index contributed by atoms with van der Waals surface area (Å²) in [5.74, 6) is -0.795. The van der Waals surface area contributed by atoms with Crippen molar-refractivity contribution in [1.29, 1.82) is 0 Å². The van der Waals surface area contributed by atoms with Gasteiger partial charge in [0.1, 0.15) is 12.4 Å². The monoisotopic (exact) mass is 384 g/mol. The zero-order chi connectivity index (χ0) is 19.9. The molecule has 146 valence electrons. The number of carbonyl (C=O) groups excluding carboxylic acids is 3. The van der Waals surface area contributed by atoms with Gasteiger partial charge in [-0.2, -0.15) is 0 Å². The van der Waals surface area contributed by atoms with E-state index in [2.05, 4.69) is 16.0 Å². The number of hydrogen-bond donors (Lipinski definition) is 3. The van der Waals surface area contributed by atoms with Gasteiger partial charge in [0.25, 0.3) is 0 Å². The molecule has 0 atom stereocenters. The van der Waals surface area contributed by atoms with Crippen LogP contribution in [-0.4, -0.2) is 37.5 Å². The van der Waals surface area contributed by atoms with E-state index >= 15 is 0 Å². The Morgan fingerprint density at radius 3 is 2.71 bits per heavy atom. The minimum atomic E-state index is -0.435. The van der Waals surface area contributed by atoms with Gasteiger partial charge < -0.3 is 16.0 Å². The van der Waals surface area contributed by atoms with Crippen LogP contribution in [0.4, 0.5) is 20.6 Å². The van der Waals surface area contributed by atoms with Gasteiger partial charge in [-0.25, -0.2) is 9.18 Å². The third kappa shape index (κ3) is 5.06. The van der Waals surface area contributed by atoms with Crippen molar-refractivity contribution >= 4 is 29.2 Å². The first-order valence-corrected chi connectivity index (χ1v) is 8.98. The number of halogens is 1. The summed E-state index contributed by atoms with van der Waals surface area (Å²) < 4.78 is 13.1. The predicted molar refractivity (Wildman–Crippen MR) is 104 cm³/mol. The molecule has 28 heavy (non-hydrogen) atoms. The number of para-hydroxylation sites is 2. The first-order chi connectivity index (χ1) is 13.5. The number of nitrogens with zero attached hydrogens (tertiary/aromatic N) is 1. The lowest BCUT2D eigenvalue weighted by Gasteiger charge is -2.29. The van der Waals surface area contributed by atoms with Crippen LogP contribution in [0, 0.1) is 5.82 Å². The highest BCUT2D eigenvalue weighted by Crippen LogP contribution is 2.28. The second kappa shape index (κ2) is 8.98. The average Bonchev–Trinajstić information content (AvgIpc) is 2.67.